The van der Waals surface area contributed by atoms with Crippen LogP contribution in [-0.2, 0) is 18.4 Å². The van der Waals surface area contributed by atoms with Crippen LogP contribution in [0.1, 0.15) is 6.42 Å². The van der Waals surface area contributed by atoms with E-state index in [1.807, 2.05) is 0 Å². The molecule has 0 aliphatic carbocycles. The third-order valence-electron chi connectivity index (χ3n) is 2.63. The van der Waals surface area contributed by atoms with E-state index in [2.05, 4.69) is 4.74 Å². The molecule has 1 aliphatic heterocycles. The van der Waals surface area contributed by atoms with Gasteiger partial charge in [0.15, 0.2) is 0 Å². The van der Waals surface area contributed by atoms with Gasteiger partial charge < -0.3 is 13.6 Å². The van der Waals surface area contributed by atoms with Crippen molar-refractivity contribution in [1.82, 2.24) is 0 Å². The molecule has 13 heavy (non-hydrogen) atoms. The fourth-order valence-corrected chi connectivity index (χ4v) is 4.46. The maximum atomic E-state index is 10.9. The SMILES string of the molecule is COC(=O)CC1C[Si](OC)(OC)C1. The van der Waals surface area contributed by atoms with Crippen LogP contribution in [0.2, 0.25) is 12.1 Å². The summed E-state index contributed by atoms with van der Waals surface area (Å²) in [6, 6.07) is 1.82. The van der Waals surface area contributed by atoms with Crippen LogP contribution in [0.4, 0.5) is 0 Å². The number of esters is 1. The quantitative estimate of drug-likeness (QED) is 0.504. The Balaban J connectivity index is 2.28. The molecule has 0 radical (unpaired) electrons. The van der Waals surface area contributed by atoms with E-state index in [0.717, 1.165) is 12.1 Å². The fourth-order valence-electron chi connectivity index (χ4n) is 1.70. The second kappa shape index (κ2) is 4.21. The monoisotopic (exact) mass is 204 g/mol. The third kappa shape index (κ3) is 2.29. The van der Waals surface area contributed by atoms with E-state index >= 15 is 0 Å². The average Bonchev–Trinajstić information content (AvgIpc) is 2.10. The molecular weight excluding hydrogens is 188 g/mol. The van der Waals surface area contributed by atoms with Gasteiger partial charge in [-0.2, -0.15) is 0 Å². The van der Waals surface area contributed by atoms with Crippen molar-refractivity contribution in [3.8, 4) is 0 Å². The molecule has 5 heteroatoms. The van der Waals surface area contributed by atoms with E-state index in [1.54, 1.807) is 14.2 Å². The first kappa shape index (κ1) is 10.7. The lowest BCUT2D eigenvalue weighted by molar-refractivity contribution is -0.141. The summed E-state index contributed by atoms with van der Waals surface area (Å²) in [7, 11) is 2.94. The number of hydrogen-bond donors (Lipinski definition) is 0. The van der Waals surface area contributed by atoms with Crippen LogP contribution < -0.4 is 0 Å². The largest absolute Gasteiger partial charge is 0.469 e. The highest BCUT2D eigenvalue weighted by molar-refractivity contribution is 6.70. The van der Waals surface area contributed by atoms with Crippen molar-refractivity contribution in [3.05, 3.63) is 0 Å². The molecule has 1 saturated heterocycles. The van der Waals surface area contributed by atoms with Gasteiger partial charge in [0.2, 0.25) is 0 Å². The van der Waals surface area contributed by atoms with E-state index < -0.39 is 8.56 Å². The Morgan fingerprint density at radius 2 is 1.85 bits per heavy atom. The van der Waals surface area contributed by atoms with Gasteiger partial charge in [0.1, 0.15) is 0 Å². The Bertz CT molecular complexity index is 183. The number of rotatable bonds is 4. The average molecular weight is 204 g/mol. The lowest BCUT2D eigenvalue weighted by Gasteiger charge is -2.41. The van der Waals surface area contributed by atoms with Crippen molar-refractivity contribution in [2.24, 2.45) is 5.92 Å². The molecule has 0 bridgehead atoms. The lowest BCUT2D eigenvalue weighted by atomic mass is 10.1. The van der Waals surface area contributed by atoms with Gasteiger partial charge in [0.05, 0.1) is 7.11 Å². The van der Waals surface area contributed by atoms with E-state index in [0.29, 0.717) is 12.3 Å². The summed E-state index contributed by atoms with van der Waals surface area (Å²) in [6.07, 6.45) is 0.498. The number of hydrogen-bond acceptors (Lipinski definition) is 4. The second-order valence-corrected chi connectivity index (χ2v) is 6.83. The predicted octanol–water partition coefficient (Wildman–Crippen LogP) is 0.914. The molecule has 4 nitrogen and oxygen atoms in total. The van der Waals surface area contributed by atoms with Crippen LogP contribution in [0.15, 0.2) is 0 Å². The first-order valence-electron chi connectivity index (χ1n) is 4.33. The Morgan fingerprint density at radius 1 is 1.31 bits per heavy atom. The molecule has 0 aromatic rings. The third-order valence-corrected chi connectivity index (χ3v) is 6.51. The number of ether oxygens (including phenoxy) is 1. The van der Waals surface area contributed by atoms with Crippen molar-refractivity contribution in [2.75, 3.05) is 21.3 Å². The van der Waals surface area contributed by atoms with E-state index in [1.165, 1.54) is 7.11 Å². The summed E-state index contributed by atoms with van der Waals surface area (Å²) in [5.74, 6) is 0.263. The highest BCUT2D eigenvalue weighted by Gasteiger charge is 2.50. The standard InChI is InChI=1S/C8H16O4Si/c1-10-8(9)4-7-5-13(6-7,11-2)12-3/h7H,4-6H2,1-3H3. The smallest absolute Gasteiger partial charge is 0.338 e. The molecule has 0 saturated carbocycles. The first-order valence-corrected chi connectivity index (χ1v) is 6.56. The Morgan fingerprint density at radius 3 is 2.23 bits per heavy atom. The van der Waals surface area contributed by atoms with Gasteiger partial charge in [0, 0.05) is 20.6 Å². The summed E-state index contributed by atoms with van der Waals surface area (Å²) in [4.78, 5) is 10.9. The van der Waals surface area contributed by atoms with Crippen molar-refractivity contribution in [2.45, 2.75) is 18.5 Å². The van der Waals surface area contributed by atoms with Crippen LogP contribution in [0.3, 0.4) is 0 Å². The number of carbonyl (C=O) groups is 1. The molecule has 1 rings (SSSR count). The molecule has 0 unspecified atom stereocenters. The van der Waals surface area contributed by atoms with Gasteiger partial charge in [-0.05, 0) is 18.0 Å². The molecular formula is C8H16O4Si. The topological polar surface area (TPSA) is 44.8 Å². The summed E-state index contributed by atoms with van der Waals surface area (Å²) in [5.41, 5.74) is 0. The normalized spacial score (nSPS) is 20.8. The van der Waals surface area contributed by atoms with Crippen molar-refractivity contribution in [1.29, 1.82) is 0 Å². The van der Waals surface area contributed by atoms with Crippen LogP contribution in [0.25, 0.3) is 0 Å². The molecule has 1 heterocycles. The molecule has 1 aliphatic rings. The molecule has 0 atom stereocenters. The van der Waals surface area contributed by atoms with Gasteiger partial charge in [-0.25, -0.2) is 0 Å². The maximum absolute atomic E-state index is 10.9. The first-order chi connectivity index (χ1) is 6.15. The Kier molecular flexibility index (Phi) is 3.46. The minimum absolute atomic E-state index is 0.139. The Hall–Kier alpha value is -0.393. The zero-order valence-corrected chi connectivity index (χ0v) is 9.33. The molecule has 0 amide bonds. The number of methoxy groups -OCH3 is 1. The molecule has 1 fully saturated rings. The summed E-state index contributed by atoms with van der Waals surface area (Å²) in [6.45, 7) is 0. The molecule has 0 aromatic carbocycles. The fraction of sp³-hybridized carbons (Fsp3) is 0.875. The van der Waals surface area contributed by atoms with Crippen molar-refractivity contribution < 1.29 is 18.4 Å². The van der Waals surface area contributed by atoms with E-state index in [-0.39, 0.29) is 5.97 Å². The van der Waals surface area contributed by atoms with Gasteiger partial charge >= 0.3 is 14.5 Å². The van der Waals surface area contributed by atoms with E-state index in [9.17, 15) is 4.79 Å². The summed E-state index contributed by atoms with van der Waals surface area (Å²) in [5, 5.41) is 0. The van der Waals surface area contributed by atoms with Crippen molar-refractivity contribution >= 4 is 14.5 Å². The van der Waals surface area contributed by atoms with Crippen molar-refractivity contribution in [3.63, 3.8) is 0 Å². The molecule has 76 valence electrons. The second-order valence-electron chi connectivity index (χ2n) is 3.37. The predicted molar refractivity (Wildman–Crippen MR) is 49.5 cm³/mol. The lowest BCUT2D eigenvalue weighted by Crippen LogP contribution is -2.52. The zero-order chi connectivity index (χ0) is 9.90. The Labute approximate surface area is 79.4 Å². The van der Waals surface area contributed by atoms with Gasteiger partial charge in [0.25, 0.3) is 0 Å². The highest BCUT2D eigenvalue weighted by Crippen LogP contribution is 2.41. The molecule has 0 aromatic heterocycles. The van der Waals surface area contributed by atoms with Crippen LogP contribution in [0.5, 0.6) is 0 Å². The maximum Gasteiger partial charge on any atom is 0.338 e. The summed E-state index contributed by atoms with van der Waals surface area (Å²) >= 11 is 0. The van der Waals surface area contributed by atoms with Gasteiger partial charge in [-0.15, -0.1) is 0 Å². The minimum Gasteiger partial charge on any atom is -0.469 e. The van der Waals surface area contributed by atoms with Gasteiger partial charge in [-0.3, -0.25) is 4.79 Å². The summed E-state index contributed by atoms with van der Waals surface area (Å²) < 4.78 is 15.3. The highest BCUT2D eigenvalue weighted by atomic mass is 28.4. The van der Waals surface area contributed by atoms with Crippen LogP contribution in [-0.4, -0.2) is 35.9 Å². The van der Waals surface area contributed by atoms with Gasteiger partial charge in [-0.1, -0.05) is 0 Å². The zero-order valence-electron chi connectivity index (χ0n) is 8.33. The van der Waals surface area contributed by atoms with Crippen LogP contribution in [0, 0.1) is 5.92 Å². The molecule has 0 spiro atoms. The number of carbonyl (C=O) groups excluding carboxylic acids is 1. The molecule has 0 N–H and O–H groups in total. The minimum atomic E-state index is -1.84. The van der Waals surface area contributed by atoms with Crippen LogP contribution >= 0.6 is 0 Å². The van der Waals surface area contributed by atoms with E-state index in [4.69, 9.17) is 8.85 Å².